The lowest BCUT2D eigenvalue weighted by atomic mass is 9.89. The Morgan fingerprint density at radius 2 is 1.37 bits per heavy atom. The normalized spacial score (nSPS) is 21.6. The molecule has 0 amide bonds. The molecule has 0 aliphatic heterocycles. The van der Waals surface area contributed by atoms with Gasteiger partial charge in [0.2, 0.25) is 0 Å². The van der Waals surface area contributed by atoms with Gasteiger partial charge in [0.1, 0.15) is 12.6 Å². The van der Waals surface area contributed by atoms with Gasteiger partial charge in [-0.3, -0.25) is 23.4 Å². The molecule has 1 fully saturated rings. The van der Waals surface area contributed by atoms with Crippen LogP contribution in [0.4, 0.5) is 0 Å². The number of carbonyl (C=O) groups excluding carboxylic acids is 2. The number of unbranched alkanes of at least 4 members (excludes halogenated alkanes) is 13. The van der Waals surface area contributed by atoms with Gasteiger partial charge in [0.05, 0.1) is 37.9 Å². The van der Waals surface area contributed by atoms with Gasteiger partial charge in [-0.05, 0) is 25.2 Å². The second kappa shape index (κ2) is 30.0. The number of hydrogen-bond donors (Lipinski definition) is 6. The molecule has 0 aromatic rings. The average Bonchev–Trinajstić information content (AvgIpc) is 3.40. The maximum absolute atomic E-state index is 12.7. The molecule has 0 radical (unpaired) electrons. The first-order valence-corrected chi connectivity index (χ1v) is 21.6. The molecule has 1 unspecified atom stereocenters. The van der Waals surface area contributed by atoms with E-state index in [9.17, 15) is 39.2 Å². The van der Waals surface area contributed by atoms with Gasteiger partial charge >= 0.3 is 25.7 Å². The summed E-state index contributed by atoms with van der Waals surface area (Å²) in [7, 11) is -4.80. The summed E-state index contributed by atoms with van der Waals surface area (Å²) in [5.74, 6) is -3.42. The minimum absolute atomic E-state index is 0.159. The summed E-state index contributed by atoms with van der Waals surface area (Å²) in [6.07, 6.45) is 21.0. The fourth-order valence-electron chi connectivity index (χ4n) is 6.27. The van der Waals surface area contributed by atoms with Crippen LogP contribution in [0.5, 0.6) is 0 Å². The zero-order valence-corrected chi connectivity index (χ0v) is 33.5. The number of ether oxygens (including phenoxy) is 2. The molecule has 0 spiro atoms. The van der Waals surface area contributed by atoms with Crippen LogP contribution in [0.15, 0.2) is 24.3 Å². The van der Waals surface area contributed by atoms with Crippen LogP contribution in [0.3, 0.4) is 0 Å². The molecule has 314 valence electrons. The van der Waals surface area contributed by atoms with E-state index in [1.165, 1.54) is 57.4 Å². The number of rotatable bonds is 33. The zero-order chi connectivity index (χ0) is 40.2. The quantitative estimate of drug-likeness (QED) is 0.0186. The predicted octanol–water partition coefficient (Wildman–Crippen LogP) is 6.27. The molecule has 0 bridgehead atoms. The summed E-state index contributed by atoms with van der Waals surface area (Å²) in [5.41, 5.74) is 5.31. The Labute approximate surface area is 322 Å². The fraction of sp³-hybridized carbons (Fsp3) is 0.821. The highest BCUT2D eigenvalue weighted by atomic mass is 31.2. The molecule has 1 aliphatic carbocycles. The third kappa shape index (κ3) is 24.4. The lowest BCUT2D eigenvalue weighted by Gasteiger charge is -2.20. The molecule has 1 saturated carbocycles. The number of aliphatic hydroxyl groups is 3. The van der Waals surface area contributed by atoms with Crippen LogP contribution in [0.2, 0.25) is 0 Å². The summed E-state index contributed by atoms with van der Waals surface area (Å²) < 4.78 is 32.5. The van der Waals surface area contributed by atoms with Gasteiger partial charge in [-0.15, -0.1) is 0 Å². The van der Waals surface area contributed by atoms with E-state index in [2.05, 4.69) is 18.4 Å². The Morgan fingerprint density at radius 3 is 1.98 bits per heavy atom. The summed E-state index contributed by atoms with van der Waals surface area (Å²) in [6.45, 7) is 2.34. The first kappa shape index (κ1) is 49.9. The molecule has 1 rings (SSSR count). The summed E-state index contributed by atoms with van der Waals surface area (Å²) in [5, 5.41) is 40.2. The molecule has 0 aromatic heterocycles. The van der Waals surface area contributed by atoms with Crippen molar-refractivity contribution in [3.05, 3.63) is 24.3 Å². The van der Waals surface area contributed by atoms with E-state index in [0.717, 1.165) is 38.5 Å². The lowest BCUT2D eigenvalue weighted by molar-refractivity contribution is -0.160. The van der Waals surface area contributed by atoms with Crippen molar-refractivity contribution in [1.29, 1.82) is 0 Å². The monoisotopic (exact) mass is 791 g/mol. The maximum Gasteiger partial charge on any atom is 0.472 e. The smallest absolute Gasteiger partial charge is 0.472 e. The molecular formula is C39H70NO13P. The topological polar surface area (TPSA) is 232 Å². The van der Waals surface area contributed by atoms with Crippen molar-refractivity contribution in [2.75, 3.05) is 19.8 Å². The van der Waals surface area contributed by atoms with E-state index in [-0.39, 0.29) is 31.1 Å². The number of aliphatic carboxylic acids is 1. The minimum atomic E-state index is -4.80. The van der Waals surface area contributed by atoms with Gasteiger partial charge < -0.3 is 40.5 Å². The van der Waals surface area contributed by atoms with Crippen LogP contribution >= 0.6 is 7.82 Å². The van der Waals surface area contributed by atoms with Gasteiger partial charge in [0.15, 0.2) is 6.10 Å². The molecule has 14 nitrogen and oxygen atoms in total. The number of hydrogen-bond acceptors (Lipinski definition) is 12. The predicted molar refractivity (Wildman–Crippen MR) is 205 cm³/mol. The highest BCUT2D eigenvalue weighted by molar-refractivity contribution is 7.47. The van der Waals surface area contributed by atoms with E-state index in [4.69, 9.17) is 24.8 Å². The number of aliphatic hydroxyl groups excluding tert-OH is 3. The van der Waals surface area contributed by atoms with E-state index in [1.54, 1.807) is 18.2 Å². The van der Waals surface area contributed by atoms with Gasteiger partial charge in [0.25, 0.3) is 0 Å². The lowest BCUT2D eigenvalue weighted by Crippen LogP contribution is -2.34. The van der Waals surface area contributed by atoms with E-state index >= 15 is 0 Å². The van der Waals surface area contributed by atoms with Crippen LogP contribution in [0.25, 0.3) is 0 Å². The Bertz CT molecular complexity index is 1140. The number of carbonyl (C=O) groups is 3. The highest BCUT2D eigenvalue weighted by Crippen LogP contribution is 2.43. The van der Waals surface area contributed by atoms with Crippen LogP contribution < -0.4 is 5.73 Å². The Hall–Kier alpha value is -2.16. The second-order valence-corrected chi connectivity index (χ2v) is 15.9. The number of phosphoric acid groups is 1. The zero-order valence-electron chi connectivity index (χ0n) is 32.6. The number of carboxylic acids is 1. The van der Waals surface area contributed by atoms with Gasteiger partial charge in [0, 0.05) is 18.8 Å². The molecule has 15 heteroatoms. The first-order chi connectivity index (χ1) is 25.8. The molecule has 0 aromatic carbocycles. The van der Waals surface area contributed by atoms with Gasteiger partial charge in [-0.25, -0.2) is 4.57 Å². The Balaban J connectivity index is 2.62. The number of nitrogens with two attached hydrogens (primary N) is 1. The summed E-state index contributed by atoms with van der Waals surface area (Å²) in [4.78, 5) is 46.1. The molecule has 8 atom stereocenters. The Morgan fingerprint density at radius 1 is 0.796 bits per heavy atom. The maximum atomic E-state index is 12.7. The van der Waals surface area contributed by atoms with E-state index in [1.807, 2.05) is 0 Å². The van der Waals surface area contributed by atoms with Crippen molar-refractivity contribution in [2.45, 2.75) is 173 Å². The second-order valence-electron chi connectivity index (χ2n) is 14.4. The fourth-order valence-corrected chi connectivity index (χ4v) is 7.05. The summed E-state index contributed by atoms with van der Waals surface area (Å²) >= 11 is 0. The minimum Gasteiger partial charge on any atom is -0.480 e. The molecule has 0 heterocycles. The van der Waals surface area contributed by atoms with Crippen LogP contribution in [-0.2, 0) is 37.5 Å². The summed E-state index contributed by atoms with van der Waals surface area (Å²) in [6, 6.07) is -1.57. The van der Waals surface area contributed by atoms with Crippen molar-refractivity contribution >= 4 is 25.7 Å². The van der Waals surface area contributed by atoms with Gasteiger partial charge in [-0.2, -0.15) is 0 Å². The SMILES string of the molecule is CCCCCCCCCCCCCCC(=O)OC[C@H](COP(=O)(O)OC[C@H](N)C(=O)O)OC(=O)C/C=C\C[C@H]1[C@@H](/C=C/[C@H](O)CCCCC)[C@H](O)C[C@@H]1O. The first-order valence-electron chi connectivity index (χ1n) is 20.1. The number of esters is 2. The van der Waals surface area contributed by atoms with Crippen molar-refractivity contribution in [3.63, 3.8) is 0 Å². The van der Waals surface area contributed by atoms with Crippen molar-refractivity contribution in [2.24, 2.45) is 17.6 Å². The van der Waals surface area contributed by atoms with E-state index < -0.39 is 76.0 Å². The molecular weight excluding hydrogens is 721 g/mol. The average molecular weight is 792 g/mol. The number of allylic oxidation sites excluding steroid dienone is 1. The molecule has 54 heavy (non-hydrogen) atoms. The Kier molecular flexibility index (Phi) is 27.7. The standard InChI is InChI=1S/C39H70NO13P/c1-3-5-7-8-9-10-11-12-13-14-15-17-22-37(44)50-27-31(28-51-54(48,49)52-29-34(40)39(46)47)53-38(45)23-19-18-21-32-33(36(43)26-35(32)42)25-24-30(41)20-16-6-4-2/h18-19,24-25,30-36,41-43H,3-17,20-23,26-29,40H2,1-2H3,(H,46,47)(H,48,49)/b19-18-,25-24+/t30-,31-,32+,33-,34+,35+,36-/m1/s1. The van der Waals surface area contributed by atoms with Crippen molar-refractivity contribution in [1.82, 2.24) is 0 Å². The van der Waals surface area contributed by atoms with E-state index in [0.29, 0.717) is 19.3 Å². The van der Waals surface area contributed by atoms with Crippen molar-refractivity contribution in [3.8, 4) is 0 Å². The third-order valence-electron chi connectivity index (χ3n) is 9.56. The molecule has 1 aliphatic rings. The molecule has 7 N–H and O–H groups in total. The molecule has 0 saturated heterocycles. The number of phosphoric ester groups is 1. The van der Waals surface area contributed by atoms with Crippen LogP contribution in [0, 0.1) is 11.8 Å². The van der Waals surface area contributed by atoms with Crippen LogP contribution in [0.1, 0.15) is 142 Å². The third-order valence-corrected chi connectivity index (χ3v) is 10.5. The highest BCUT2D eigenvalue weighted by Gasteiger charge is 2.39. The van der Waals surface area contributed by atoms with Gasteiger partial charge in [-0.1, -0.05) is 128 Å². The largest absolute Gasteiger partial charge is 0.480 e. The number of carboxylic acid groups (broad SMARTS) is 1. The van der Waals surface area contributed by atoms with Crippen molar-refractivity contribution < 1.29 is 62.8 Å². The van der Waals surface area contributed by atoms with Crippen LogP contribution in [-0.4, -0.2) is 93.5 Å².